The lowest BCUT2D eigenvalue weighted by molar-refractivity contribution is 0.0453. The molecule has 0 unspecified atom stereocenters. The van der Waals surface area contributed by atoms with E-state index >= 15 is 0 Å². The number of pyridine rings is 1. The third-order valence-electron chi connectivity index (χ3n) is 4.80. The normalized spacial score (nSPS) is 22.2. The minimum absolute atomic E-state index is 0.136. The van der Waals surface area contributed by atoms with E-state index in [1.807, 2.05) is 6.07 Å². The summed E-state index contributed by atoms with van der Waals surface area (Å²) in [7, 11) is 0. The van der Waals surface area contributed by atoms with Crippen molar-refractivity contribution in [3.8, 4) is 11.5 Å². The Labute approximate surface area is 155 Å². The van der Waals surface area contributed by atoms with Crippen molar-refractivity contribution in [3.05, 3.63) is 30.3 Å². The molecule has 2 aromatic heterocycles. The summed E-state index contributed by atoms with van der Waals surface area (Å²) >= 11 is 0. The number of rotatable bonds is 3. The zero-order chi connectivity index (χ0) is 18.7. The van der Waals surface area contributed by atoms with Gasteiger partial charge in [-0.3, -0.25) is 4.98 Å². The van der Waals surface area contributed by atoms with Crippen molar-refractivity contribution < 1.29 is 18.8 Å². The third kappa shape index (κ3) is 3.83. The predicted molar refractivity (Wildman–Crippen MR) is 92.4 cm³/mol. The molecule has 27 heavy (non-hydrogen) atoms. The molecule has 2 aromatic rings. The maximum atomic E-state index is 12.5. The predicted octanol–water partition coefficient (Wildman–Crippen LogP) is 1.31. The number of ether oxygens (including phenoxy) is 1. The summed E-state index contributed by atoms with van der Waals surface area (Å²) in [6, 6.07) is 5.22. The van der Waals surface area contributed by atoms with Crippen LogP contribution in [0.1, 0.15) is 25.2 Å². The van der Waals surface area contributed by atoms with Crippen LogP contribution in [0.15, 0.2) is 28.9 Å². The zero-order valence-corrected chi connectivity index (χ0v) is 14.7. The van der Waals surface area contributed by atoms with Gasteiger partial charge in [0, 0.05) is 25.7 Å². The molecule has 2 N–H and O–H groups in total. The van der Waals surface area contributed by atoms with Gasteiger partial charge in [0.2, 0.25) is 11.7 Å². The maximum absolute atomic E-state index is 12.5. The summed E-state index contributed by atoms with van der Waals surface area (Å²) in [4.78, 5) is 33.9. The second-order valence-electron chi connectivity index (χ2n) is 6.65. The second kappa shape index (κ2) is 7.22. The van der Waals surface area contributed by atoms with Gasteiger partial charge in [0.05, 0.1) is 13.1 Å². The van der Waals surface area contributed by atoms with Crippen LogP contribution in [-0.2, 0) is 11.3 Å². The van der Waals surface area contributed by atoms with Crippen LogP contribution < -0.4 is 10.6 Å². The molecule has 0 bridgehead atoms. The van der Waals surface area contributed by atoms with E-state index in [0.717, 1.165) is 12.8 Å². The highest BCUT2D eigenvalue weighted by Gasteiger charge is 2.41. The van der Waals surface area contributed by atoms with Gasteiger partial charge in [-0.05, 0) is 25.0 Å². The van der Waals surface area contributed by atoms with Crippen LogP contribution in [0.3, 0.4) is 0 Å². The van der Waals surface area contributed by atoms with Crippen molar-refractivity contribution in [3.63, 3.8) is 0 Å². The van der Waals surface area contributed by atoms with E-state index in [1.165, 1.54) is 0 Å². The van der Waals surface area contributed by atoms with Crippen LogP contribution in [0.25, 0.3) is 11.5 Å². The summed E-state index contributed by atoms with van der Waals surface area (Å²) in [6.07, 6.45) is 3.40. The lowest BCUT2D eigenvalue weighted by Crippen LogP contribution is -2.41. The van der Waals surface area contributed by atoms with Crippen molar-refractivity contribution in [2.45, 2.75) is 31.4 Å². The van der Waals surface area contributed by atoms with E-state index in [9.17, 15) is 9.59 Å². The third-order valence-corrected chi connectivity index (χ3v) is 4.80. The van der Waals surface area contributed by atoms with Gasteiger partial charge < -0.3 is 24.8 Å². The van der Waals surface area contributed by atoms with Gasteiger partial charge in [0.15, 0.2) is 0 Å². The molecular formula is C17H20N6O4. The highest BCUT2D eigenvalue weighted by atomic mass is 16.6. The van der Waals surface area contributed by atoms with Gasteiger partial charge in [0.25, 0.3) is 0 Å². The number of carbonyl (C=O) groups is 2. The first-order valence-corrected chi connectivity index (χ1v) is 8.87. The summed E-state index contributed by atoms with van der Waals surface area (Å²) in [5, 5.41) is 9.38. The van der Waals surface area contributed by atoms with Gasteiger partial charge in [-0.1, -0.05) is 11.2 Å². The SMILES string of the molecule is O=C1NC[C@@]2(CCCN(C(=O)NCc3nc(-c4ccccn4)no3)CC2)O1. The summed E-state index contributed by atoms with van der Waals surface area (Å²) < 4.78 is 10.6. The fourth-order valence-electron chi connectivity index (χ4n) is 3.34. The molecule has 1 atom stereocenters. The molecular weight excluding hydrogens is 352 g/mol. The summed E-state index contributed by atoms with van der Waals surface area (Å²) in [6.45, 7) is 1.76. The van der Waals surface area contributed by atoms with Crippen LogP contribution in [0, 0.1) is 0 Å². The monoisotopic (exact) mass is 372 g/mol. The number of carbonyl (C=O) groups excluding carboxylic acids is 2. The Hall–Kier alpha value is -3.17. The van der Waals surface area contributed by atoms with Gasteiger partial charge >= 0.3 is 12.1 Å². The first-order chi connectivity index (χ1) is 13.1. The molecule has 2 fully saturated rings. The van der Waals surface area contributed by atoms with Crippen molar-refractivity contribution in [2.75, 3.05) is 19.6 Å². The first kappa shape index (κ1) is 17.3. The Bertz CT molecular complexity index is 826. The molecule has 4 rings (SSSR count). The minimum atomic E-state index is -0.490. The lowest BCUT2D eigenvalue weighted by atomic mass is 9.95. The number of amides is 3. The highest BCUT2D eigenvalue weighted by Crippen LogP contribution is 2.29. The number of hydrogen-bond acceptors (Lipinski definition) is 7. The molecule has 0 aliphatic carbocycles. The largest absolute Gasteiger partial charge is 0.441 e. The van der Waals surface area contributed by atoms with Gasteiger partial charge in [0.1, 0.15) is 11.3 Å². The Kier molecular flexibility index (Phi) is 4.61. The van der Waals surface area contributed by atoms with Crippen LogP contribution in [0.5, 0.6) is 0 Å². The summed E-state index contributed by atoms with van der Waals surface area (Å²) in [5.74, 6) is 0.691. The van der Waals surface area contributed by atoms with Crippen molar-refractivity contribution >= 4 is 12.1 Å². The van der Waals surface area contributed by atoms with Crippen LogP contribution >= 0.6 is 0 Å². The molecule has 2 aliphatic heterocycles. The van der Waals surface area contributed by atoms with Gasteiger partial charge in [-0.2, -0.15) is 4.98 Å². The molecule has 10 nitrogen and oxygen atoms in total. The molecule has 0 radical (unpaired) electrons. The number of aromatic nitrogens is 3. The fourth-order valence-corrected chi connectivity index (χ4v) is 3.34. The van der Waals surface area contributed by atoms with E-state index in [2.05, 4.69) is 25.8 Å². The molecule has 10 heteroatoms. The van der Waals surface area contributed by atoms with Crippen molar-refractivity contribution in [2.24, 2.45) is 0 Å². The topological polar surface area (TPSA) is 122 Å². The maximum Gasteiger partial charge on any atom is 0.407 e. The quantitative estimate of drug-likeness (QED) is 0.832. The molecule has 2 saturated heterocycles. The Morgan fingerprint density at radius 3 is 3.04 bits per heavy atom. The van der Waals surface area contributed by atoms with E-state index in [0.29, 0.717) is 43.5 Å². The number of alkyl carbamates (subject to hydrolysis) is 1. The van der Waals surface area contributed by atoms with Crippen LogP contribution in [0.4, 0.5) is 9.59 Å². The molecule has 3 amide bonds. The minimum Gasteiger partial charge on any atom is -0.441 e. The van der Waals surface area contributed by atoms with E-state index in [1.54, 1.807) is 23.2 Å². The zero-order valence-electron chi connectivity index (χ0n) is 14.7. The number of nitrogens with zero attached hydrogens (tertiary/aromatic N) is 4. The Morgan fingerprint density at radius 2 is 2.26 bits per heavy atom. The number of hydrogen-bond donors (Lipinski definition) is 2. The van der Waals surface area contributed by atoms with Crippen LogP contribution in [-0.4, -0.2) is 57.4 Å². The van der Waals surface area contributed by atoms with Crippen molar-refractivity contribution in [1.82, 2.24) is 30.7 Å². The second-order valence-corrected chi connectivity index (χ2v) is 6.65. The van der Waals surface area contributed by atoms with E-state index < -0.39 is 5.60 Å². The highest BCUT2D eigenvalue weighted by molar-refractivity contribution is 5.74. The molecule has 1 spiro atoms. The van der Waals surface area contributed by atoms with Gasteiger partial charge in [-0.15, -0.1) is 0 Å². The number of nitrogens with one attached hydrogen (secondary N) is 2. The van der Waals surface area contributed by atoms with E-state index in [4.69, 9.17) is 9.26 Å². The van der Waals surface area contributed by atoms with Crippen molar-refractivity contribution in [1.29, 1.82) is 0 Å². The average Bonchev–Trinajstić information content (AvgIpc) is 3.24. The lowest BCUT2D eigenvalue weighted by Gasteiger charge is -2.24. The standard InChI is InChI=1S/C17H20N6O4/c24-15(23-8-3-5-17(6-9-23)11-20-16(25)26-17)19-10-13-21-14(22-27-13)12-4-1-2-7-18-12/h1-2,4,7H,3,5-6,8-11H2,(H,19,24)(H,20,25)/t17-/m0/s1. The van der Waals surface area contributed by atoms with E-state index in [-0.39, 0.29) is 18.7 Å². The number of likely N-dealkylation sites (tertiary alicyclic amines) is 1. The first-order valence-electron chi connectivity index (χ1n) is 8.87. The molecule has 0 aromatic carbocycles. The average molecular weight is 372 g/mol. The summed E-state index contributed by atoms with van der Waals surface area (Å²) in [5.41, 5.74) is 0.118. The Balaban J connectivity index is 1.31. The number of urea groups is 1. The van der Waals surface area contributed by atoms with Gasteiger partial charge in [-0.25, -0.2) is 9.59 Å². The fraction of sp³-hybridized carbons (Fsp3) is 0.471. The molecule has 4 heterocycles. The Morgan fingerprint density at radius 1 is 1.33 bits per heavy atom. The smallest absolute Gasteiger partial charge is 0.407 e. The molecule has 0 saturated carbocycles. The van der Waals surface area contributed by atoms with Crippen LogP contribution in [0.2, 0.25) is 0 Å². The molecule has 142 valence electrons. The molecule has 2 aliphatic rings.